The van der Waals surface area contributed by atoms with Gasteiger partial charge >= 0.3 is 5.97 Å². The van der Waals surface area contributed by atoms with Crippen molar-refractivity contribution >= 4 is 43.5 Å². The van der Waals surface area contributed by atoms with Gasteiger partial charge < -0.3 is 18.8 Å². The lowest BCUT2D eigenvalue weighted by Crippen LogP contribution is -2.40. The number of carbonyl (C=O) groups is 2. The molecule has 1 aliphatic heterocycles. The Kier molecular flexibility index (Phi) is 8.32. The van der Waals surface area contributed by atoms with Crippen LogP contribution in [0, 0.1) is 0 Å². The first-order valence-electron chi connectivity index (χ1n) is 11.4. The second kappa shape index (κ2) is 11.4. The van der Waals surface area contributed by atoms with Gasteiger partial charge in [-0.2, -0.15) is 9.30 Å². The first-order chi connectivity index (χ1) is 17.3. The number of thiazole rings is 1. The van der Waals surface area contributed by atoms with Gasteiger partial charge in [-0.1, -0.05) is 11.3 Å². The molecule has 1 amide bonds. The van der Waals surface area contributed by atoms with E-state index in [1.807, 2.05) is 4.57 Å². The summed E-state index contributed by atoms with van der Waals surface area (Å²) in [6, 6.07) is 11.0. The first-order valence-corrected chi connectivity index (χ1v) is 13.7. The lowest BCUT2D eigenvalue weighted by Gasteiger charge is -2.26. The molecule has 10 nitrogen and oxygen atoms in total. The fourth-order valence-corrected chi connectivity index (χ4v) is 6.26. The number of esters is 1. The van der Waals surface area contributed by atoms with E-state index in [4.69, 9.17) is 14.2 Å². The summed E-state index contributed by atoms with van der Waals surface area (Å²) in [5, 5.41) is 0. The van der Waals surface area contributed by atoms with Crippen molar-refractivity contribution < 1.29 is 32.2 Å². The molecular weight excluding hydrogens is 506 g/mol. The topological polar surface area (TPSA) is 117 Å². The molecule has 192 valence electrons. The third-order valence-electron chi connectivity index (χ3n) is 5.62. The summed E-state index contributed by atoms with van der Waals surface area (Å²) < 4.78 is 45.2. The molecule has 0 saturated carbocycles. The lowest BCUT2D eigenvalue weighted by atomic mass is 10.2. The van der Waals surface area contributed by atoms with Crippen LogP contribution in [0.2, 0.25) is 0 Å². The van der Waals surface area contributed by atoms with E-state index in [0.29, 0.717) is 49.8 Å². The molecule has 0 N–H and O–H groups in total. The Hall–Kier alpha value is -2.90. The third-order valence-corrected chi connectivity index (χ3v) is 8.57. The number of carbonyl (C=O) groups excluding carboxylic acids is 2. The highest BCUT2D eigenvalue weighted by Gasteiger charge is 2.26. The van der Waals surface area contributed by atoms with E-state index in [0.717, 1.165) is 10.2 Å². The molecule has 3 aromatic rings. The number of morpholine rings is 1. The van der Waals surface area contributed by atoms with E-state index >= 15 is 0 Å². The van der Waals surface area contributed by atoms with Crippen molar-refractivity contribution in [1.29, 1.82) is 0 Å². The van der Waals surface area contributed by atoms with Gasteiger partial charge in [0.05, 0.1) is 47.1 Å². The lowest BCUT2D eigenvalue weighted by molar-refractivity contribution is 0.0526. The highest BCUT2D eigenvalue weighted by molar-refractivity contribution is 7.89. The molecule has 0 spiro atoms. The zero-order valence-corrected chi connectivity index (χ0v) is 21.6. The number of methoxy groups -OCH3 is 1. The van der Waals surface area contributed by atoms with Crippen LogP contribution in [-0.4, -0.2) is 75.8 Å². The highest BCUT2D eigenvalue weighted by atomic mass is 32.2. The van der Waals surface area contributed by atoms with Gasteiger partial charge in [0, 0.05) is 32.3 Å². The van der Waals surface area contributed by atoms with Gasteiger partial charge in [0.2, 0.25) is 10.0 Å². The molecule has 0 aliphatic carbocycles. The molecule has 2 aromatic carbocycles. The van der Waals surface area contributed by atoms with Crippen LogP contribution in [0.1, 0.15) is 27.6 Å². The van der Waals surface area contributed by atoms with Gasteiger partial charge in [-0.05, 0) is 49.4 Å². The minimum absolute atomic E-state index is 0.115. The molecule has 0 radical (unpaired) electrons. The van der Waals surface area contributed by atoms with Gasteiger partial charge in [0.25, 0.3) is 5.91 Å². The van der Waals surface area contributed by atoms with Crippen molar-refractivity contribution in [1.82, 2.24) is 8.87 Å². The zero-order valence-electron chi connectivity index (χ0n) is 20.0. The van der Waals surface area contributed by atoms with Crippen LogP contribution >= 0.6 is 11.3 Å². The standard InChI is InChI=1S/C24H27N3O7S2/c1-3-34-23(29)18-6-9-20-21(16-18)35-24(27(20)12-13-32-2)25-22(28)17-4-7-19(8-5-17)36(30,31)26-10-14-33-15-11-26/h4-9,16H,3,10-15H2,1-2H3. The van der Waals surface area contributed by atoms with Crippen molar-refractivity contribution in [2.75, 3.05) is 46.6 Å². The van der Waals surface area contributed by atoms with E-state index in [1.165, 1.54) is 39.9 Å². The van der Waals surface area contributed by atoms with E-state index in [9.17, 15) is 18.0 Å². The monoisotopic (exact) mass is 533 g/mol. The summed E-state index contributed by atoms with van der Waals surface area (Å²) in [6.07, 6.45) is 0. The Morgan fingerprint density at radius 1 is 1.08 bits per heavy atom. The second-order valence-electron chi connectivity index (χ2n) is 7.89. The van der Waals surface area contributed by atoms with Crippen molar-refractivity contribution in [2.24, 2.45) is 4.99 Å². The van der Waals surface area contributed by atoms with Crippen LogP contribution in [-0.2, 0) is 30.8 Å². The van der Waals surface area contributed by atoms with E-state index < -0.39 is 21.9 Å². The summed E-state index contributed by atoms with van der Waals surface area (Å²) in [4.78, 5) is 30.0. The normalized spacial score (nSPS) is 15.3. The number of amides is 1. The number of ether oxygens (including phenoxy) is 3. The van der Waals surface area contributed by atoms with Gasteiger partial charge in [-0.25, -0.2) is 13.2 Å². The maximum atomic E-state index is 13.0. The second-order valence-corrected chi connectivity index (χ2v) is 10.8. The van der Waals surface area contributed by atoms with Gasteiger partial charge in [0.1, 0.15) is 0 Å². The van der Waals surface area contributed by atoms with E-state index in [-0.39, 0.29) is 17.1 Å². The summed E-state index contributed by atoms with van der Waals surface area (Å²) in [5.41, 5.74) is 1.49. The van der Waals surface area contributed by atoms with Crippen molar-refractivity contribution in [3.8, 4) is 0 Å². The highest BCUT2D eigenvalue weighted by Crippen LogP contribution is 2.21. The molecular formula is C24H27N3O7S2. The third kappa shape index (κ3) is 5.57. The fraction of sp³-hybridized carbons (Fsp3) is 0.375. The Balaban J connectivity index is 1.65. The van der Waals surface area contributed by atoms with Gasteiger partial charge in [-0.15, -0.1) is 0 Å². The summed E-state index contributed by atoms with van der Waals surface area (Å²) in [7, 11) is -2.07. The summed E-state index contributed by atoms with van der Waals surface area (Å²) in [6.45, 7) is 4.18. The molecule has 1 aromatic heterocycles. The van der Waals surface area contributed by atoms with Crippen LogP contribution in [0.5, 0.6) is 0 Å². The Morgan fingerprint density at radius 3 is 2.44 bits per heavy atom. The predicted octanol–water partition coefficient (Wildman–Crippen LogP) is 2.29. The minimum Gasteiger partial charge on any atom is -0.462 e. The Bertz CT molecular complexity index is 1420. The average Bonchev–Trinajstić information content (AvgIpc) is 3.24. The molecule has 1 fully saturated rings. The van der Waals surface area contributed by atoms with Crippen LogP contribution in [0.3, 0.4) is 0 Å². The van der Waals surface area contributed by atoms with Gasteiger partial charge in [-0.3, -0.25) is 4.79 Å². The number of benzene rings is 2. The maximum Gasteiger partial charge on any atom is 0.338 e. The zero-order chi connectivity index (χ0) is 25.7. The molecule has 0 bridgehead atoms. The number of hydrogen-bond donors (Lipinski definition) is 0. The molecule has 0 atom stereocenters. The molecule has 4 rings (SSSR count). The number of aromatic nitrogens is 1. The van der Waals surface area contributed by atoms with Crippen LogP contribution < -0.4 is 4.80 Å². The quantitative estimate of drug-likeness (QED) is 0.408. The SMILES string of the molecule is CCOC(=O)c1ccc2c(c1)sc(=NC(=O)c1ccc(S(=O)(=O)N3CCOCC3)cc1)n2CCOC. The molecule has 12 heteroatoms. The molecule has 36 heavy (non-hydrogen) atoms. The van der Waals surface area contributed by atoms with Crippen molar-refractivity contribution in [3.05, 3.63) is 58.4 Å². The number of nitrogens with zero attached hydrogens (tertiary/aromatic N) is 3. The number of rotatable bonds is 8. The van der Waals surface area contributed by atoms with E-state index in [1.54, 1.807) is 32.2 Å². The predicted molar refractivity (Wildman–Crippen MR) is 134 cm³/mol. The molecule has 1 aliphatic rings. The molecule has 1 saturated heterocycles. The Labute approximate surface area is 212 Å². The van der Waals surface area contributed by atoms with Crippen molar-refractivity contribution in [2.45, 2.75) is 18.4 Å². The Morgan fingerprint density at radius 2 is 1.78 bits per heavy atom. The maximum absolute atomic E-state index is 13.0. The first kappa shape index (κ1) is 26.2. The van der Waals surface area contributed by atoms with Crippen molar-refractivity contribution in [3.63, 3.8) is 0 Å². The molecule has 0 unspecified atom stereocenters. The number of hydrogen-bond acceptors (Lipinski definition) is 8. The van der Waals surface area contributed by atoms with Crippen LogP contribution in [0.4, 0.5) is 0 Å². The number of sulfonamides is 1. The van der Waals surface area contributed by atoms with Gasteiger partial charge in [0.15, 0.2) is 4.80 Å². The molecule has 2 heterocycles. The van der Waals surface area contributed by atoms with E-state index in [2.05, 4.69) is 4.99 Å². The number of fused-ring (bicyclic) bond motifs is 1. The largest absolute Gasteiger partial charge is 0.462 e. The summed E-state index contributed by atoms with van der Waals surface area (Å²) >= 11 is 1.27. The fourth-order valence-electron chi connectivity index (χ4n) is 3.76. The summed E-state index contributed by atoms with van der Waals surface area (Å²) in [5.74, 6) is -0.924. The van der Waals surface area contributed by atoms with Crippen LogP contribution in [0.25, 0.3) is 10.2 Å². The van der Waals surface area contributed by atoms with Crippen LogP contribution in [0.15, 0.2) is 52.4 Å². The smallest absolute Gasteiger partial charge is 0.338 e. The minimum atomic E-state index is -3.66. The average molecular weight is 534 g/mol.